The Hall–Kier alpha value is -0.0800. The minimum absolute atomic E-state index is 0. The van der Waals surface area contributed by atoms with Gasteiger partial charge in [-0.25, -0.2) is 0 Å². The molecule has 0 unspecified atom stereocenters. The minimum Gasteiger partial charge on any atom is -0.412 e. The van der Waals surface area contributed by atoms with Crippen LogP contribution in [0.25, 0.3) is 0 Å². The third-order valence-electron chi connectivity index (χ3n) is 2.03. The normalized spacial score (nSPS) is 9.69. The van der Waals surface area contributed by atoms with Crippen LogP contribution in [0.3, 0.4) is 0 Å². The van der Waals surface area contributed by atoms with Gasteiger partial charge in [-0.2, -0.15) is 0 Å². The summed E-state index contributed by atoms with van der Waals surface area (Å²) >= 11 is 0. The maximum atomic E-state index is 5.45. The van der Waals surface area contributed by atoms with Gasteiger partial charge in [0.05, 0.1) is 0 Å². The Balaban J connectivity index is 0. The second-order valence-corrected chi connectivity index (χ2v) is 3.38. The van der Waals surface area contributed by atoms with Crippen molar-refractivity contribution in [2.24, 2.45) is 0 Å². The first-order chi connectivity index (χ1) is 5.91. The Labute approximate surface area is 83.0 Å². The molecule has 13 heavy (non-hydrogen) atoms. The average molecular weight is 190 g/mol. The van der Waals surface area contributed by atoms with E-state index in [4.69, 9.17) is 4.74 Å². The molecule has 0 saturated carbocycles. The van der Waals surface area contributed by atoms with Gasteiger partial charge in [0, 0.05) is 13.2 Å². The van der Waals surface area contributed by atoms with Crippen LogP contribution in [0.1, 0.15) is 58.8 Å². The van der Waals surface area contributed by atoms with Gasteiger partial charge in [-0.3, -0.25) is 0 Å². The summed E-state index contributed by atoms with van der Waals surface area (Å²) < 4.78 is 5.45. The van der Waals surface area contributed by atoms with E-state index in [2.05, 4.69) is 13.8 Å². The summed E-state index contributed by atoms with van der Waals surface area (Å²) in [7, 11) is 0. The largest absolute Gasteiger partial charge is 0.412 e. The number of hydrogen-bond acceptors (Lipinski definition) is 1. The molecule has 0 heterocycles. The molecular formula is C11H26O2. The Morgan fingerprint density at radius 3 is 1.85 bits per heavy atom. The Bertz CT molecular complexity index is 64.5. The fourth-order valence-corrected chi connectivity index (χ4v) is 1.16. The van der Waals surface area contributed by atoms with Crippen molar-refractivity contribution in [3.8, 4) is 0 Å². The van der Waals surface area contributed by atoms with Crippen LogP contribution in [-0.2, 0) is 4.74 Å². The number of unbranched alkanes of at least 4 members (excludes halogenated alkanes) is 5. The average Bonchev–Trinajstić information content (AvgIpc) is 2.10. The number of ether oxygens (including phenoxy) is 1. The van der Waals surface area contributed by atoms with Crippen molar-refractivity contribution >= 4 is 0 Å². The highest BCUT2D eigenvalue weighted by Crippen LogP contribution is 2.02. The molecule has 0 atom stereocenters. The van der Waals surface area contributed by atoms with Crippen molar-refractivity contribution in [1.82, 2.24) is 0 Å². The summed E-state index contributed by atoms with van der Waals surface area (Å²) in [5, 5.41) is 0. The van der Waals surface area contributed by atoms with Crippen LogP contribution < -0.4 is 0 Å². The predicted octanol–water partition coefficient (Wildman–Crippen LogP) is 2.95. The van der Waals surface area contributed by atoms with Crippen molar-refractivity contribution in [2.75, 3.05) is 13.2 Å². The van der Waals surface area contributed by atoms with E-state index in [0.717, 1.165) is 13.2 Å². The monoisotopic (exact) mass is 190 g/mol. The molecule has 0 aliphatic heterocycles. The van der Waals surface area contributed by atoms with Gasteiger partial charge in [-0.15, -0.1) is 0 Å². The first-order valence-corrected chi connectivity index (χ1v) is 5.49. The summed E-state index contributed by atoms with van der Waals surface area (Å²) in [6, 6.07) is 0. The summed E-state index contributed by atoms with van der Waals surface area (Å²) in [6.07, 6.45) is 9.16. The van der Waals surface area contributed by atoms with E-state index in [1.54, 1.807) is 0 Å². The molecular weight excluding hydrogens is 164 g/mol. The van der Waals surface area contributed by atoms with Crippen LogP contribution >= 0.6 is 0 Å². The fourth-order valence-electron chi connectivity index (χ4n) is 1.16. The lowest BCUT2D eigenvalue weighted by molar-refractivity contribution is 0.127. The first-order valence-electron chi connectivity index (χ1n) is 5.49. The van der Waals surface area contributed by atoms with Crippen LogP contribution in [0.2, 0.25) is 0 Å². The molecule has 0 spiro atoms. The van der Waals surface area contributed by atoms with Crippen LogP contribution in [0.15, 0.2) is 0 Å². The van der Waals surface area contributed by atoms with Gasteiger partial charge < -0.3 is 10.2 Å². The van der Waals surface area contributed by atoms with Crippen molar-refractivity contribution in [2.45, 2.75) is 58.8 Å². The van der Waals surface area contributed by atoms with E-state index < -0.39 is 0 Å². The molecule has 0 amide bonds. The summed E-state index contributed by atoms with van der Waals surface area (Å²) in [4.78, 5) is 0. The quantitative estimate of drug-likeness (QED) is 0.515. The van der Waals surface area contributed by atoms with Gasteiger partial charge in [0.2, 0.25) is 0 Å². The van der Waals surface area contributed by atoms with E-state index in [1.807, 2.05) is 0 Å². The molecule has 2 N–H and O–H groups in total. The highest BCUT2D eigenvalue weighted by molar-refractivity contribution is 4.41. The Morgan fingerprint density at radius 2 is 1.23 bits per heavy atom. The molecule has 0 bridgehead atoms. The second kappa shape index (κ2) is 14.4. The highest BCUT2D eigenvalue weighted by atomic mass is 16.5. The lowest BCUT2D eigenvalue weighted by Gasteiger charge is -2.02. The van der Waals surface area contributed by atoms with Crippen LogP contribution in [0.4, 0.5) is 0 Å². The topological polar surface area (TPSA) is 40.7 Å². The zero-order valence-electron chi connectivity index (χ0n) is 9.27. The van der Waals surface area contributed by atoms with Gasteiger partial charge in [0.25, 0.3) is 0 Å². The Morgan fingerprint density at radius 1 is 0.692 bits per heavy atom. The van der Waals surface area contributed by atoms with E-state index in [0.29, 0.717) is 0 Å². The molecule has 0 aromatic rings. The lowest BCUT2D eigenvalue weighted by atomic mass is 10.2. The van der Waals surface area contributed by atoms with Crippen molar-refractivity contribution < 1.29 is 10.2 Å². The summed E-state index contributed by atoms with van der Waals surface area (Å²) in [5.74, 6) is 0. The summed E-state index contributed by atoms with van der Waals surface area (Å²) in [5.41, 5.74) is 0. The van der Waals surface area contributed by atoms with Crippen LogP contribution in [0, 0.1) is 0 Å². The van der Waals surface area contributed by atoms with E-state index in [-0.39, 0.29) is 5.48 Å². The maximum absolute atomic E-state index is 5.45. The van der Waals surface area contributed by atoms with Gasteiger partial charge in [0.1, 0.15) is 0 Å². The predicted molar refractivity (Wildman–Crippen MR) is 58.1 cm³/mol. The van der Waals surface area contributed by atoms with Gasteiger partial charge in [-0.05, 0) is 12.8 Å². The molecule has 0 rings (SSSR count). The van der Waals surface area contributed by atoms with Crippen molar-refractivity contribution in [3.63, 3.8) is 0 Å². The molecule has 0 fully saturated rings. The lowest BCUT2D eigenvalue weighted by Crippen LogP contribution is -1.96. The smallest absolute Gasteiger partial charge is 0.0466 e. The van der Waals surface area contributed by atoms with Crippen molar-refractivity contribution in [3.05, 3.63) is 0 Å². The molecule has 0 aromatic heterocycles. The maximum Gasteiger partial charge on any atom is 0.0466 e. The first kappa shape index (κ1) is 15.4. The SMILES string of the molecule is CCCCCCCOCCCC.O. The fraction of sp³-hybridized carbons (Fsp3) is 1.00. The van der Waals surface area contributed by atoms with Gasteiger partial charge in [0.15, 0.2) is 0 Å². The third kappa shape index (κ3) is 14.7. The van der Waals surface area contributed by atoms with Gasteiger partial charge >= 0.3 is 0 Å². The Kier molecular flexibility index (Phi) is 17.1. The number of hydrogen-bond donors (Lipinski definition) is 0. The van der Waals surface area contributed by atoms with E-state index in [9.17, 15) is 0 Å². The highest BCUT2D eigenvalue weighted by Gasteiger charge is 1.89. The molecule has 0 radical (unpaired) electrons. The minimum atomic E-state index is 0. The molecule has 82 valence electrons. The molecule has 2 heteroatoms. The standard InChI is InChI=1S/C11H24O.H2O/c1-3-5-7-8-9-11-12-10-6-4-2;/h3-11H2,1-2H3;1H2. The van der Waals surface area contributed by atoms with Crippen molar-refractivity contribution in [1.29, 1.82) is 0 Å². The molecule has 0 aliphatic rings. The number of rotatable bonds is 9. The second-order valence-electron chi connectivity index (χ2n) is 3.38. The third-order valence-corrected chi connectivity index (χ3v) is 2.03. The van der Waals surface area contributed by atoms with Crippen LogP contribution in [-0.4, -0.2) is 18.7 Å². The molecule has 0 aromatic carbocycles. The zero-order chi connectivity index (χ0) is 9.07. The van der Waals surface area contributed by atoms with E-state index >= 15 is 0 Å². The zero-order valence-corrected chi connectivity index (χ0v) is 9.27. The molecule has 0 aliphatic carbocycles. The molecule has 0 saturated heterocycles. The van der Waals surface area contributed by atoms with Gasteiger partial charge in [-0.1, -0.05) is 46.0 Å². The van der Waals surface area contributed by atoms with Crippen LogP contribution in [0.5, 0.6) is 0 Å². The molecule has 2 nitrogen and oxygen atoms in total. The van der Waals surface area contributed by atoms with E-state index in [1.165, 1.54) is 44.9 Å². The summed E-state index contributed by atoms with van der Waals surface area (Å²) in [6.45, 7) is 6.39.